The third-order valence-corrected chi connectivity index (χ3v) is 5.02. The van der Waals surface area contributed by atoms with E-state index in [2.05, 4.69) is 31.3 Å². The maximum atomic E-state index is 12.9. The van der Waals surface area contributed by atoms with Gasteiger partial charge in [-0.2, -0.15) is 0 Å². The molecule has 1 aliphatic heterocycles. The molecule has 0 spiro atoms. The van der Waals surface area contributed by atoms with E-state index >= 15 is 0 Å². The molecule has 23 heavy (non-hydrogen) atoms. The summed E-state index contributed by atoms with van der Waals surface area (Å²) in [5, 5.41) is 2.97. The predicted molar refractivity (Wildman–Crippen MR) is 89.7 cm³/mol. The lowest BCUT2D eigenvalue weighted by atomic mass is 9.97. The molecule has 2 aliphatic rings. The van der Waals surface area contributed by atoms with Gasteiger partial charge in [0.25, 0.3) is 0 Å². The smallest absolute Gasteiger partial charge is 0.238 e. The molecule has 0 atom stereocenters. The van der Waals surface area contributed by atoms with Crippen LogP contribution in [0.2, 0.25) is 0 Å². The SMILES string of the molecule is CC(C)CCNC(=O)C1(C(=O)N2CCc3ccccc3C2)CC1. The summed E-state index contributed by atoms with van der Waals surface area (Å²) in [6, 6.07) is 8.26. The van der Waals surface area contributed by atoms with Crippen molar-refractivity contribution in [2.75, 3.05) is 13.1 Å². The average Bonchev–Trinajstić information content (AvgIpc) is 3.35. The Labute approximate surface area is 138 Å². The lowest BCUT2D eigenvalue weighted by Gasteiger charge is -2.31. The van der Waals surface area contributed by atoms with Crippen LogP contribution in [0, 0.1) is 11.3 Å². The van der Waals surface area contributed by atoms with Gasteiger partial charge in [0.1, 0.15) is 5.41 Å². The zero-order chi connectivity index (χ0) is 16.4. The first-order valence-electron chi connectivity index (χ1n) is 8.67. The molecule has 4 nitrogen and oxygen atoms in total. The Hall–Kier alpha value is -1.84. The number of fused-ring (bicyclic) bond motifs is 1. The lowest BCUT2D eigenvalue weighted by molar-refractivity contribution is -0.145. The first kappa shape index (κ1) is 16.0. The van der Waals surface area contributed by atoms with Crippen LogP contribution in [0.4, 0.5) is 0 Å². The van der Waals surface area contributed by atoms with Crippen molar-refractivity contribution in [1.82, 2.24) is 10.2 Å². The molecule has 1 saturated carbocycles. The van der Waals surface area contributed by atoms with Crippen LogP contribution in [0.3, 0.4) is 0 Å². The highest BCUT2D eigenvalue weighted by molar-refractivity contribution is 6.07. The minimum atomic E-state index is -0.775. The highest BCUT2D eigenvalue weighted by Gasteiger charge is 2.57. The number of hydrogen-bond acceptors (Lipinski definition) is 2. The average molecular weight is 314 g/mol. The molecule has 2 amide bonds. The first-order chi connectivity index (χ1) is 11.0. The zero-order valence-corrected chi connectivity index (χ0v) is 14.1. The van der Waals surface area contributed by atoms with Gasteiger partial charge in [0.05, 0.1) is 0 Å². The summed E-state index contributed by atoms with van der Waals surface area (Å²) < 4.78 is 0. The molecular weight excluding hydrogens is 288 g/mol. The van der Waals surface area contributed by atoms with Gasteiger partial charge >= 0.3 is 0 Å². The molecule has 1 aromatic rings. The number of amides is 2. The zero-order valence-electron chi connectivity index (χ0n) is 14.1. The molecule has 0 unspecified atom stereocenters. The summed E-state index contributed by atoms with van der Waals surface area (Å²) in [7, 11) is 0. The number of rotatable bonds is 5. The van der Waals surface area contributed by atoms with Crippen LogP contribution in [-0.4, -0.2) is 29.8 Å². The molecule has 0 radical (unpaired) electrons. The van der Waals surface area contributed by atoms with E-state index in [1.54, 1.807) is 0 Å². The summed E-state index contributed by atoms with van der Waals surface area (Å²) in [6.07, 6.45) is 3.22. The second-order valence-electron chi connectivity index (χ2n) is 7.27. The second kappa shape index (κ2) is 6.34. The fourth-order valence-electron chi connectivity index (χ4n) is 3.28. The Morgan fingerprint density at radius 3 is 2.57 bits per heavy atom. The molecule has 1 N–H and O–H groups in total. The van der Waals surface area contributed by atoms with E-state index in [0.29, 0.717) is 31.8 Å². The van der Waals surface area contributed by atoms with Gasteiger partial charge in [0, 0.05) is 19.6 Å². The number of carbonyl (C=O) groups is 2. The van der Waals surface area contributed by atoms with Crippen molar-refractivity contribution in [3.63, 3.8) is 0 Å². The molecule has 0 saturated heterocycles. The number of hydrogen-bond donors (Lipinski definition) is 1. The number of nitrogens with zero attached hydrogens (tertiary/aromatic N) is 1. The topological polar surface area (TPSA) is 49.4 Å². The third-order valence-electron chi connectivity index (χ3n) is 5.02. The molecule has 3 rings (SSSR count). The number of nitrogens with one attached hydrogen (secondary N) is 1. The van der Waals surface area contributed by atoms with E-state index < -0.39 is 5.41 Å². The van der Waals surface area contributed by atoms with Crippen LogP contribution in [0.25, 0.3) is 0 Å². The summed E-state index contributed by atoms with van der Waals surface area (Å²) >= 11 is 0. The van der Waals surface area contributed by atoms with Gasteiger partial charge in [0.15, 0.2) is 0 Å². The predicted octanol–water partition coefficient (Wildman–Crippen LogP) is 2.51. The van der Waals surface area contributed by atoms with E-state index in [4.69, 9.17) is 0 Å². The van der Waals surface area contributed by atoms with Gasteiger partial charge < -0.3 is 10.2 Å². The molecule has 4 heteroatoms. The summed E-state index contributed by atoms with van der Waals surface area (Å²) in [5.41, 5.74) is 1.76. The van der Waals surface area contributed by atoms with Crippen LogP contribution in [0.5, 0.6) is 0 Å². The molecule has 1 fully saturated rings. The van der Waals surface area contributed by atoms with Crippen molar-refractivity contribution in [2.45, 2.75) is 46.1 Å². The molecular formula is C19H26N2O2. The highest BCUT2D eigenvalue weighted by atomic mass is 16.2. The van der Waals surface area contributed by atoms with Crippen molar-refractivity contribution < 1.29 is 9.59 Å². The Bertz CT molecular complexity index is 605. The van der Waals surface area contributed by atoms with Crippen LogP contribution in [0.15, 0.2) is 24.3 Å². The monoisotopic (exact) mass is 314 g/mol. The Morgan fingerprint density at radius 2 is 1.91 bits per heavy atom. The maximum Gasteiger partial charge on any atom is 0.238 e. The van der Waals surface area contributed by atoms with Crippen molar-refractivity contribution in [3.8, 4) is 0 Å². The molecule has 1 aromatic carbocycles. The van der Waals surface area contributed by atoms with Gasteiger partial charge in [-0.05, 0) is 42.7 Å². The summed E-state index contributed by atoms with van der Waals surface area (Å²) in [6.45, 7) is 6.28. The standard InChI is InChI=1S/C19H26N2O2/c1-14(2)7-11-20-17(22)19(9-10-19)18(23)21-12-8-15-5-3-4-6-16(15)13-21/h3-6,14H,7-13H2,1-2H3,(H,20,22). The van der Waals surface area contributed by atoms with Crippen molar-refractivity contribution in [1.29, 1.82) is 0 Å². The van der Waals surface area contributed by atoms with Crippen LogP contribution in [-0.2, 0) is 22.6 Å². The van der Waals surface area contributed by atoms with Gasteiger partial charge in [-0.25, -0.2) is 0 Å². The lowest BCUT2D eigenvalue weighted by Crippen LogP contribution is -2.47. The van der Waals surface area contributed by atoms with Gasteiger partial charge in [-0.3, -0.25) is 9.59 Å². The molecule has 124 valence electrons. The van der Waals surface area contributed by atoms with E-state index in [1.807, 2.05) is 17.0 Å². The molecule has 0 bridgehead atoms. The third kappa shape index (κ3) is 3.26. The quantitative estimate of drug-likeness (QED) is 0.849. The Balaban J connectivity index is 1.63. The van der Waals surface area contributed by atoms with E-state index in [1.165, 1.54) is 11.1 Å². The first-order valence-corrected chi connectivity index (χ1v) is 8.67. The van der Waals surface area contributed by atoms with Crippen LogP contribution >= 0.6 is 0 Å². The van der Waals surface area contributed by atoms with Crippen molar-refractivity contribution in [3.05, 3.63) is 35.4 Å². The van der Waals surface area contributed by atoms with Crippen LogP contribution in [0.1, 0.15) is 44.2 Å². The molecule has 1 aliphatic carbocycles. The van der Waals surface area contributed by atoms with Crippen molar-refractivity contribution in [2.24, 2.45) is 11.3 Å². The minimum absolute atomic E-state index is 0.0223. The summed E-state index contributed by atoms with van der Waals surface area (Å²) in [4.78, 5) is 27.2. The number of carbonyl (C=O) groups excluding carboxylic acids is 2. The second-order valence-corrected chi connectivity index (χ2v) is 7.27. The number of benzene rings is 1. The highest BCUT2D eigenvalue weighted by Crippen LogP contribution is 2.48. The van der Waals surface area contributed by atoms with E-state index in [9.17, 15) is 9.59 Å². The molecule has 1 heterocycles. The van der Waals surface area contributed by atoms with Crippen LogP contribution < -0.4 is 5.32 Å². The summed E-state index contributed by atoms with van der Waals surface area (Å²) in [5.74, 6) is 0.510. The normalized spacial score (nSPS) is 18.5. The van der Waals surface area contributed by atoms with E-state index in [0.717, 1.165) is 19.4 Å². The Morgan fingerprint density at radius 1 is 1.22 bits per heavy atom. The van der Waals surface area contributed by atoms with E-state index in [-0.39, 0.29) is 11.8 Å². The van der Waals surface area contributed by atoms with Gasteiger partial charge in [0.2, 0.25) is 11.8 Å². The fraction of sp³-hybridized carbons (Fsp3) is 0.579. The maximum absolute atomic E-state index is 12.9. The fourth-order valence-corrected chi connectivity index (χ4v) is 3.28. The largest absolute Gasteiger partial charge is 0.355 e. The van der Waals surface area contributed by atoms with Gasteiger partial charge in [-0.15, -0.1) is 0 Å². The molecule has 0 aromatic heterocycles. The van der Waals surface area contributed by atoms with Crippen molar-refractivity contribution >= 4 is 11.8 Å². The minimum Gasteiger partial charge on any atom is -0.355 e. The van der Waals surface area contributed by atoms with Gasteiger partial charge in [-0.1, -0.05) is 38.1 Å². The Kier molecular flexibility index (Phi) is 4.42.